The van der Waals surface area contributed by atoms with Gasteiger partial charge in [0.1, 0.15) is 11.5 Å². The lowest BCUT2D eigenvalue weighted by molar-refractivity contribution is -0.135. The molecule has 162 valence electrons. The van der Waals surface area contributed by atoms with Crippen LogP contribution in [0.4, 0.5) is 0 Å². The van der Waals surface area contributed by atoms with Crippen molar-refractivity contribution in [2.45, 2.75) is 46.2 Å². The van der Waals surface area contributed by atoms with Gasteiger partial charge in [0.25, 0.3) is 0 Å². The first kappa shape index (κ1) is 21.0. The van der Waals surface area contributed by atoms with E-state index in [4.69, 9.17) is 14.6 Å². The Morgan fingerprint density at radius 3 is 2.32 bits per heavy atom. The number of para-hydroxylation sites is 1. The SMILES string of the molecule is COc1ccc(Oc2c(CN(C(=O)C(C)C)C3CC3)c(C)nn2-c2ccccc2)cc1. The Morgan fingerprint density at radius 1 is 1.10 bits per heavy atom. The number of carbonyl (C=O) groups excluding carboxylic acids is 1. The molecule has 0 aliphatic heterocycles. The third kappa shape index (κ3) is 4.58. The van der Waals surface area contributed by atoms with Crippen LogP contribution < -0.4 is 9.47 Å². The topological polar surface area (TPSA) is 56.6 Å². The van der Waals surface area contributed by atoms with Crippen molar-refractivity contribution in [1.82, 2.24) is 14.7 Å². The molecule has 1 heterocycles. The van der Waals surface area contributed by atoms with E-state index in [1.54, 1.807) is 7.11 Å². The van der Waals surface area contributed by atoms with Gasteiger partial charge in [-0.25, -0.2) is 4.68 Å². The second-order valence-electron chi connectivity index (χ2n) is 8.25. The van der Waals surface area contributed by atoms with Crippen molar-refractivity contribution < 1.29 is 14.3 Å². The van der Waals surface area contributed by atoms with E-state index in [2.05, 4.69) is 0 Å². The van der Waals surface area contributed by atoms with Gasteiger partial charge >= 0.3 is 0 Å². The number of ether oxygens (including phenoxy) is 2. The normalized spacial score (nSPS) is 13.3. The Bertz CT molecular complexity index is 1040. The lowest BCUT2D eigenvalue weighted by atomic mass is 10.1. The Hall–Kier alpha value is -3.28. The van der Waals surface area contributed by atoms with Gasteiger partial charge < -0.3 is 14.4 Å². The van der Waals surface area contributed by atoms with Crippen LogP contribution in [-0.4, -0.2) is 33.7 Å². The van der Waals surface area contributed by atoms with E-state index < -0.39 is 0 Å². The number of aromatic nitrogens is 2. The molecule has 6 nitrogen and oxygen atoms in total. The second-order valence-corrected chi connectivity index (χ2v) is 8.25. The fourth-order valence-corrected chi connectivity index (χ4v) is 3.60. The Balaban J connectivity index is 1.74. The maximum atomic E-state index is 12.9. The number of aryl methyl sites for hydroxylation is 1. The molecule has 1 amide bonds. The number of carbonyl (C=O) groups is 1. The van der Waals surface area contributed by atoms with Crippen LogP contribution in [0.1, 0.15) is 37.9 Å². The summed E-state index contributed by atoms with van der Waals surface area (Å²) in [6.07, 6.45) is 2.11. The minimum atomic E-state index is -0.0453. The van der Waals surface area contributed by atoms with Crippen LogP contribution in [0.5, 0.6) is 17.4 Å². The van der Waals surface area contributed by atoms with Gasteiger partial charge in [-0.3, -0.25) is 4.79 Å². The van der Waals surface area contributed by atoms with Crippen LogP contribution in [-0.2, 0) is 11.3 Å². The molecule has 6 heteroatoms. The molecular formula is C25H29N3O3. The Morgan fingerprint density at radius 2 is 1.74 bits per heavy atom. The van der Waals surface area contributed by atoms with Crippen LogP contribution in [0.2, 0.25) is 0 Å². The van der Waals surface area contributed by atoms with E-state index in [-0.39, 0.29) is 11.8 Å². The standard InChI is InChI=1S/C25H29N3O3/c1-17(2)24(29)27(19-10-11-19)16-23-18(3)26-28(20-8-6-5-7-9-20)25(23)31-22-14-12-21(30-4)13-15-22/h5-9,12-15,17,19H,10-11,16H2,1-4H3. The van der Waals surface area contributed by atoms with Crippen LogP contribution in [0.3, 0.4) is 0 Å². The van der Waals surface area contributed by atoms with E-state index in [1.165, 1.54) is 0 Å². The number of hydrogen-bond acceptors (Lipinski definition) is 4. The predicted octanol–water partition coefficient (Wildman–Crippen LogP) is 5.13. The number of nitrogens with zero attached hydrogens (tertiary/aromatic N) is 3. The molecule has 31 heavy (non-hydrogen) atoms. The first-order chi connectivity index (χ1) is 15.0. The molecule has 2 aromatic carbocycles. The molecule has 1 saturated carbocycles. The third-order valence-electron chi connectivity index (χ3n) is 5.51. The summed E-state index contributed by atoms with van der Waals surface area (Å²) < 4.78 is 13.4. The lowest BCUT2D eigenvalue weighted by Gasteiger charge is -2.25. The molecule has 1 aliphatic carbocycles. The zero-order valence-electron chi connectivity index (χ0n) is 18.5. The molecule has 1 fully saturated rings. The molecular weight excluding hydrogens is 390 g/mol. The largest absolute Gasteiger partial charge is 0.497 e. The summed E-state index contributed by atoms with van der Waals surface area (Å²) in [6.45, 7) is 6.37. The van der Waals surface area contributed by atoms with Gasteiger partial charge in [-0.15, -0.1) is 0 Å². The second kappa shape index (κ2) is 8.84. The van der Waals surface area contributed by atoms with E-state index in [1.807, 2.05) is 85.0 Å². The highest BCUT2D eigenvalue weighted by Gasteiger charge is 2.35. The highest BCUT2D eigenvalue weighted by molar-refractivity contribution is 5.79. The molecule has 0 N–H and O–H groups in total. The molecule has 1 aliphatic rings. The maximum Gasteiger partial charge on any atom is 0.227 e. The maximum absolute atomic E-state index is 12.9. The molecule has 0 spiro atoms. The summed E-state index contributed by atoms with van der Waals surface area (Å²) in [5.41, 5.74) is 2.70. The minimum Gasteiger partial charge on any atom is -0.497 e. The summed E-state index contributed by atoms with van der Waals surface area (Å²) in [6, 6.07) is 17.7. The highest BCUT2D eigenvalue weighted by atomic mass is 16.5. The fraction of sp³-hybridized carbons (Fsp3) is 0.360. The van der Waals surface area contributed by atoms with Crippen LogP contribution in [0.15, 0.2) is 54.6 Å². The minimum absolute atomic E-state index is 0.0453. The first-order valence-corrected chi connectivity index (χ1v) is 10.7. The summed E-state index contributed by atoms with van der Waals surface area (Å²) in [5.74, 6) is 2.21. The predicted molar refractivity (Wildman–Crippen MR) is 120 cm³/mol. The lowest BCUT2D eigenvalue weighted by Crippen LogP contribution is -2.35. The summed E-state index contributed by atoms with van der Waals surface area (Å²) in [7, 11) is 1.64. The van der Waals surface area contributed by atoms with E-state index >= 15 is 0 Å². The average molecular weight is 420 g/mol. The van der Waals surface area contributed by atoms with Crippen molar-refractivity contribution in [2.24, 2.45) is 5.92 Å². The molecule has 0 saturated heterocycles. The molecule has 0 radical (unpaired) electrons. The quantitative estimate of drug-likeness (QED) is 0.508. The Labute approximate surface area is 183 Å². The summed E-state index contributed by atoms with van der Waals surface area (Å²) in [5, 5.41) is 4.78. The molecule has 4 rings (SSSR count). The van der Waals surface area contributed by atoms with Gasteiger partial charge in [0.15, 0.2) is 0 Å². The summed E-state index contributed by atoms with van der Waals surface area (Å²) >= 11 is 0. The first-order valence-electron chi connectivity index (χ1n) is 10.7. The van der Waals surface area contributed by atoms with Crippen molar-refractivity contribution >= 4 is 5.91 Å². The highest BCUT2D eigenvalue weighted by Crippen LogP contribution is 2.36. The number of hydrogen-bond donors (Lipinski definition) is 0. The van der Waals surface area contributed by atoms with Gasteiger partial charge in [0.2, 0.25) is 11.8 Å². The Kier molecular flexibility index (Phi) is 5.98. The number of rotatable bonds is 8. The van der Waals surface area contributed by atoms with Gasteiger partial charge in [-0.05, 0) is 56.2 Å². The van der Waals surface area contributed by atoms with Gasteiger partial charge in [-0.2, -0.15) is 5.10 Å². The van der Waals surface area contributed by atoms with Gasteiger partial charge in [-0.1, -0.05) is 32.0 Å². The average Bonchev–Trinajstić information content (AvgIpc) is 3.58. The molecule has 0 bridgehead atoms. The van der Waals surface area contributed by atoms with Crippen molar-refractivity contribution in [3.8, 4) is 23.1 Å². The monoisotopic (exact) mass is 419 g/mol. The molecule has 1 aromatic heterocycles. The van der Waals surface area contributed by atoms with E-state index in [9.17, 15) is 4.79 Å². The molecule has 3 aromatic rings. The van der Waals surface area contributed by atoms with Crippen LogP contribution in [0, 0.1) is 12.8 Å². The van der Waals surface area contributed by atoms with Crippen molar-refractivity contribution in [2.75, 3.05) is 7.11 Å². The zero-order valence-corrected chi connectivity index (χ0v) is 18.5. The van der Waals surface area contributed by atoms with Crippen molar-refractivity contribution in [3.63, 3.8) is 0 Å². The van der Waals surface area contributed by atoms with Gasteiger partial charge in [0, 0.05) is 12.0 Å². The zero-order chi connectivity index (χ0) is 22.0. The van der Waals surface area contributed by atoms with Crippen LogP contribution in [0.25, 0.3) is 5.69 Å². The van der Waals surface area contributed by atoms with E-state index in [0.717, 1.165) is 35.5 Å². The van der Waals surface area contributed by atoms with Crippen LogP contribution >= 0.6 is 0 Å². The van der Waals surface area contributed by atoms with Crippen molar-refractivity contribution in [1.29, 1.82) is 0 Å². The summed E-state index contributed by atoms with van der Waals surface area (Å²) in [4.78, 5) is 14.9. The smallest absolute Gasteiger partial charge is 0.227 e. The molecule has 0 atom stereocenters. The number of benzene rings is 2. The third-order valence-corrected chi connectivity index (χ3v) is 5.51. The van der Waals surface area contributed by atoms with E-state index in [0.29, 0.717) is 24.2 Å². The van der Waals surface area contributed by atoms with Gasteiger partial charge in [0.05, 0.1) is 30.6 Å². The fourth-order valence-electron chi connectivity index (χ4n) is 3.60. The molecule has 0 unspecified atom stereocenters. The number of amides is 1. The van der Waals surface area contributed by atoms with Crippen molar-refractivity contribution in [3.05, 3.63) is 65.9 Å². The number of methoxy groups -OCH3 is 1.